The first-order valence-electron chi connectivity index (χ1n) is 10.5. The number of hydrogen-bond acceptors (Lipinski definition) is 6. The molecule has 4 aromatic rings. The minimum Gasteiger partial charge on any atom is -0.507 e. The second-order valence-corrected chi connectivity index (χ2v) is 8.39. The zero-order valence-corrected chi connectivity index (χ0v) is 16.5. The van der Waals surface area contributed by atoms with Gasteiger partial charge in [0.15, 0.2) is 5.65 Å². The Morgan fingerprint density at radius 2 is 1.93 bits per heavy atom. The van der Waals surface area contributed by atoms with Crippen LogP contribution in [0.1, 0.15) is 38.1 Å². The molecule has 2 aliphatic rings. The van der Waals surface area contributed by atoms with E-state index in [1.54, 1.807) is 18.6 Å². The molecule has 0 amide bonds. The van der Waals surface area contributed by atoms with Crippen LogP contribution in [0.3, 0.4) is 0 Å². The van der Waals surface area contributed by atoms with E-state index in [4.69, 9.17) is 0 Å². The highest BCUT2D eigenvalue weighted by molar-refractivity contribution is 5.80. The van der Waals surface area contributed by atoms with E-state index in [0.29, 0.717) is 29.4 Å². The molecule has 1 aromatic carbocycles. The molecule has 2 N–H and O–H groups in total. The zero-order chi connectivity index (χ0) is 20.1. The number of fused-ring (bicyclic) bond motifs is 3. The van der Waals surface area contributed by atoms with Gasteiger partial charge in [-0.25, -0.2) is 9.67 Å². The Morgan fingerprint density at radius 1 is 1.07 bits per heavy atom. The minimum absolute atomic E-state index is 0.161. The van der Waals surface area contributed by atoms with Crippen LogP contribution in [0.5, 0.6) is 5.75 Å². The summed E-state index contributed by atoms with van der Waals surface area (Å²) < 4.78 is 3.90. The number of hydrogen-bond donors (Lipinski definition) is 2. The van der Waals surface area contributed by atoms with E-state index in [-0.39, 0.29) is 5.75 Å². The Labute approximate surface area is 173 Å². The van der Waals surface area contributed by atoms with Crippen molar-refractivity contribution in [3.63, 3.8) is 0 Å². The first-order valence-corrected chi connectivity index (χ1v) is 10.5. The largest absolute Gasteiger partial charge is 0.507 e. The molecule has 2 bridgehead atoms. The van der Waals surface area contributed by atoms with E-state index in [2.05, 4.69) is 30.3 Å². The summed E-state index contributed by atoms with van der Waals surface area (Å²) in [5.74, 6) is 0.161. The summed E-state index contributed by atoms with van der Waals surface area (Å²) in [7, 11) is 0. The van der Waals surface area contributed by atoms with Gasteiger partial charge in [-0.1, -0.05) is 6.42 Å². The first kappa shape index (κ1) is 17.6. The van der Waals surface area contributed by atoms with Gasteiger partial charge in [0.1, 0.15) is 5.75 Å². The maximum Gasteiger partial charge on any atom is 0.180 e. The van der Waals surface area contributed by atoms with Gasteiger partial charge in [-0.05, 0) is 43.9 Å². The summed E-state index contributed by atoms with van der Waals surface area (Å²) in [6.07, 6.45) is 13.1. The molecular formula is C22H23N7O. The summed E-state index contributed by atoms with van der Waals surface area (Å²) in [5.41, 5.74) is 2.95. The molecule has 6 rings (SSSR count). The third-order valence-electron chi connectivity index (χ3n) is 6.44. The van der Waals surface area contributed by atoms with Gasteiger partial charge in [0.05, 0.1) is 29.9 Å². The summed E-state index contributed by atoms with van der Waals surface area (Å²) in [4.78, 5) is 4.05. The zero-order valence-electron chi connectivity index (χ0n) is 16.5. The molecule has 2 saturated heterocycles. The summed E-state index contributed by atoms with van der Waals surface area (Å²) in [6, 6.07) is 8.99. The smallest absolute Gasteiger partial charge is 0.180 e. The Morgan fingerprint density at radius 3 is 2.70 bits per heavy atom. The van der Waals surface area contributed by atoms with Gasteiger partial charge in [0, 0.05) is 41.5 Å². The predicted molar refractivity (Wildman–Crippen MR) is 112 cm³/mol. The number of nitrogens with one attached hydrogen (secondary N) is 1. The van der Waals surface area contributed by atoms with Gasteiger partial charge in [-0.15, -0.1) is 10.2 Å². The number of nitrogens with zero attached hydrogens (tertiary/aromatic N) is 6. The van der Waals surface area contributed by atoms with Gasteiger partial charge < -0.3 is 15.0 Å². The Bertz CT molecular complexity index is 1190. The molecule has 2 unspecified atom stereocenters. The molecular weight excluding hydrogens is 378 g/mol. The van der Waals surface area contributed by atoms with E-state index in [9.17, 15) is 5.11 Å². The number of phenolic OH excluding ortho intramolecular Hbond substituents is 1. The van der Waals surface area contributed by atoms with Gasteiger partial charge in [-0.2, -0.15) is 5.10 Å². The molecule has 8 heteroatoms. The molecule has 8 nitrogen and oxygen atoms in total. The van der Waals surface area contributed by atoms with Gasteiger partial charge in [0.25, 0.3) is 0 Å². The summed E-state index contributed by atoms with van der Waals surface area (Å²) >= 11 is 0. The number of aromatic hydroxyl groups is 1. The van der Waals surface area contributed by atoms with Crippen molar-refractivity contribution in [2.75, 3.05) is 0 Å². The average molecular weight is 401 g/mol. The van der Waals surface area contributed by atoms with Crippen molar-refractivity contribution < 1.29 is 5.11 Å². The molecule has 152 valence electrons. The number of rotatable bonds is 3. The number of piperidine rings is 2. The molecule has 0 radical (unpaired) electrons. The fourth-order valence-corrected chi connectivity index (χ4v) is 4.99. The molecule has 2 aliphatic heterocycles. The van der Waals surface area contributed by atoms with E-state index in [0.717, 1.165) is 29.6 Å². The SMILES string of the molecule is Oc1cc(-n2ccnc2)ccc1-c1cc2cnn(C3CC4CCC[C@@H](C3)N4)c2nn1. The van der Waals surface area contributed by atoms with Crippen LogP contribution < -0.4 is 5.32 Å². The van der Waals surface area contributed by atoms with Crippen LogP contribution in [0, 0.1) is 0 Å². The Hall–Kier alpha value is -3.26. The molecule has 2 fully saturated rings. The molecule has 3 aromatic heterocycles. The number of phenols is 1. The summed E-state index contributed by atoms with van der Waals surface area (Å²) in [6.45, 7) is 0. The van der Waals surface area contributed by atoms with E-state index in [1.165, 1.54) is 19.3 Å². The second-order valence-electron chi connectivity index (χ2n) is 8.39. The van der Waals surface area contributed by atoms with Crippen molar-refractivity contribution in [3.05, 3.63) is 49.2 Å². The van der Waals surface area contributed by atoms with Crippen LogP contribution in [0.4, 0.5) is 0 Å². The lowest BCUT2D eigenvalue weighted by molar-refractivity contribution is 0.182. The van der Waals surface area contributed by atoms with Crippen molar-refractivity contribution in [2.24, 2.45) is 0 Å². The fourth-order valence-electron chi connectivity index (χ4n) is 4.99. The van der Waals surface area contributed by atoms with Crippen LogP contribution in [-0.2, 0) is 0 Å². The van der Waals surface area contributed by atoms with Crippen molar-refractivity contribution in [1.82, 2.24) is 34.8 Å². The fraction of sp³-hybridized carbons (Fsp3) is 0.364. The molecule has 0 aliphatic carbocycles. The van der Waals surface area contributed by atoms with Gasteiger partial charge in [-0.3, -0.25) is 0 Å². The van der Waals surface area contributed by atoms with Crippen LogP contribution >= 0.6 is 0 Å². The minimum atomic E-state index is 0.161. The Balaban J connectivity index is 1.32. The topological polar surface area (TPSA) is 93.7 Å². The van der Waals surface area contributed by atoms with Crippen molar-refractivity contribution >= 4 is 11.0 Å². The van der Waals surface area contributed by atoms with Crippen molar-refractivity contribution in [3.8, 4) is 22.7 Å². The third kappa shape index (κ3) is 2.95. The van der Waals surface area contributed by atoms with Crippen LogP contribution in [0.15, 0.2) is 49.2 Å². The lowest BCUT2D eigenvalue weighted by atomic mass is 9.84. The normalized spacial score (nSPS) is 23.7. The van der Waals surface area contributed by atoms with E-state index < -0.39 is 0 Å². The van der Waals surface area contributed by atoms with Gasteiger partial charge in [0.2, 0.25) is 0 Å². The van der Waals surface area contributed by atoms with E-state index in [1.807, 2.05) is 35.2 Å². The Kier molecular flexibility index (Phi) is 4.05. The van der Waals surface area contributed by atoms with Crippen molar-refractivity contribution in [1.29, 1.82) is 0 Å². The maximum absolute atomic E-state index is 10.6. The first-order chi connectivity index (χ1) is 14.7. The molecule has 3 atom stereocenters. The molecule has 0 saturated carbocycles. The summed E-state index contributed by atoms with van der Waals surface area (Å²) in [5, 5.41) is 28.9. The van der Waals surface area contributed by atoms with Crippen LogP contribution in [-0.4, -0.2) is 46.7 Å². The van der Waals surface area contributed by atoms with Crippen molar-refractivity contribution in [2.45, 2.75) is 50.2 Å². The number of benzene rings is 1. The quantitative estimate of drug-likeness (QED) is 0.547. The molecule has 0 spiro atoms. The number of imidazole rings is 1. The van der Waals surface area contributed by atoms with E-state index >= 15 is 0 Å². The lowest BCUT2D eigenvalue weighted by Crippen LogP contribution is -2.49. The third-order valence-corrected chi connectivity index (χ3v) is 6.44. The molecule has 5 heterocycles. The standard InChI is InChI=1S/C22H23N7O/c30-21-11-17(28-7-6-23-13-28)4-5-19(21)20-8-14-12-24-29(22(14)27-26-20)18-9-15-2-1-3-16(10-18)25-15/h4-8,11-13,15-16,18,25,30H,1-3,9-10H2/t15-,16?,18?/m0/s1. The highest BCUT2D eigenvalue weighted by Crippen LogP contribution is 2.35. The van der Waals surface area contributed by atoms with Crippen LogP contribution in [0.25, 0.3) is 28.0 Å². The second kappa shape index (κ2) is 6.91. The van der Waals surface area contributed by atoms with Crippen LogP contribution in [0.2, 0.25) is 0 Å². The maximum atomic E-state index is 10.6. The molecule has 30 heavy (non-hydrogen) atoms. The lowest BCUT2D eigenvalue weighted by Gasteiger charge is -2.40. The van der Waals surface area contributed by atoms with Gasteiger partial charge >= 0.3 is 0 Å². The monoisotopic (exact) mass is 401 g/mol. The number of aromatic nitrogens is 6. The highest BCUT2D eigenvalue weighted by atomic mass is 16.3. The highest BCUT2D eigenvalue weighted by Gasteiger charge is 2.33. The predicted octanol–water partition coefficient (Wildman–Crippen LogP) is 3.23. The average Bonchev–Trinajstić information content (AvgIpc) is 3.43.